The normalized spacial score (nSPS) is 11.1. The van der Waals surface area contributed by atoms with Gasteiger partial charge < -0.3 is 14.8 Å². The molecule has 0 unspecified atom stereocenters. The second kappa shape index (κ2) is 12.5. The Hall–Kier alpha value is -3.23. The summed E-state index contributed by atoms with van der Waals surface area (Å²) in [6.07, 6.45) is 1.59. The number of halogens is 1. The van der Waals surface area contributed by atoms with Crippen LogP contribution in [0.2, 0.25) is 5.02 Å². The fraction of sp³-hybridized carbons (Fsp3) is 0.269. The fourth-order valence-electron chi connectivity index (χ4n) is 3.39. The van der Waals surface area contributed by atoms with Gasteiger partial charge in [0.15, 0.2) is 5.75 Å². The van der Waals surface area contributed by atoms with Crippen molar-refractivity contribution in [1.29, 1.82) is 0 Å². The van der Waals surface area contributed by atoms with Crippen LogP contribution in [0.3, 0.4) is 0 Å². The van der Waals surface area contributed by atoms with E-state index in [0.717, 1.165) is 17.6 Å². The zero-order valence-electron chi connectivity index (χ0n) is 19.7. The predicted molar refractivity (Wildman–Crippen MR) is 139 cm³/mol. The number of carbonyl (C=O) groups excluding carboxylic acids is 1. The van der Waals surface area contributed by atoms with Crippen LogP contribution in [-0.4, -0.2) is 40.3 Å². The van der Waals surface area contributed by atoms with Crippen LogP contribution >= 0.6 is 11.6 Å². The van der Waals surface area contributed by atoms with Crippen LogP contribution in [0, 0.1) is 6.92 Å². The van der Waals surface area contributed by atoms with Crippen LogP contribution in [0.1, 0.15) is 18.4 Å². The van der Waals surface area contributed by atoms with Crippen molar-refractivity contribution in [2.45, 2.75) is 19.8 Å². The third-order valence-corrected chi connectivity index (χ3v) is 6.42. The van der Waals surface area contributed by atoms with Crippen LogP contribution in [0.4, 0.5) is 5.69 Å². The van der Waals surface area contributed by atoms with E-state index in [1.807, 2.05) is 49.4 Å². The molecule has 0 aliphatic rings. The molecule has 0 fully saturated rings. The summed E-state index contributed by atoms with van der Waals surface area (Å²) in [4.78, 5) is 12.3. The predicted octanol–water partition coefficient (Wildman–Crippen LogP) is 5.18. The van der Waals surface area contributed by atoms with Crippen molar-refractivity contribution < 1.29 is 22.7 Å². The molecular weight excluding hydrogens is 488 g/mol. The zero-order chi connectivity index (χ0) is 25.3. The van der Waals surface area contributed by atoms with E-state index in [9.17, 15) is 13.2 Å². The zero-order valence-corrected chi connectivity index (χ0v) is 21.3. The van der Waals surface area contributed by atoms with Gasteiger partial charge in [0.2, 0.25) is 15.9 Å². The largest absolute Gasteiger partial charge is 0.492 e. The number of benzene rings is 3. The Kier molecular flexibility index (Phi) is 9.39. The average Bonchev–Trinajstić information content (AvgIpc) is 2.81. The summed E-state index contributed by atoms with van der Waals surface area (Å²) in [5.74, 6) is 1.48. The molecule has 1 amide bonds. The van der Waals surface area contributed by atoms with Crippen molar-refractivity contribution in [3.05, 3.63) is 83.4 Å². The maximum absolute atomic E-state index is 12.6. The molecule has 7 nitrogen and oxygen atoms in total. The number of sulfonamides is 1. The van der Waals surface area contributed by atoms with E-state index in [0.29, 0.717) is 41.8 Å². The van der Waals surface area contributed by atoms with Gasteiger partial charge in [-0.15, -0.1) is 0 Å². The first kappa shape index (κ1) is 26.4. The average molecular weight is 517 g/mol. The molecule has 0 aromatic heterocycles. The number of para-hydroxylation sites is 1. The van der Waals surface area contributed by atoms with E-state index in [1.165, 1.54) is 4.31 Å². The molecular formula is C26H29ClN2O5S. The highest BCUT2D eigenvalue weighted by Gasteiger charge is 2.22. The van der Waals surface area contributed by atoms with Gasteiger partial charge in [0.25, 0.3) is 0 Å². The quantitative estimate of drug-likeness (QED) is 0.335. The summed E-state index contributed by atoms with van der Waals surface area (Å²) < 4.78 is 38.0. The smallest absolute Gasteiger partial charge is 0.232 e. The molecule has 0 saturated carbocycles. The molecule has 0 aliphatic carbocycles. The highest BCUT2D eigenvalue weighted by atomic mass is 35.5. The Morgan fingerprint density at radius 3 is 2.46 bits per heavy atom. The van der Waals surface area contributed by atoms with Gasteiger partial charge in [0.1, 0.15) is 18.1 Å². The van der Waals surface area contributed by atoms with Crippen molar-refractivity contribution in [2.24, 2.45) is 0 Å². The van der Waals surface area contributed by atoms with Gasteiger partial charge in [-0.05, 0) is 61.4 Å². The summed E-state index contributed by atoms with van der Waals surface area (Å²) >= 11 is 6.17. The third kappa shape index (κ3) is 8.49. The van der Waals surface area contributed by atoms with Crippen LogP contribution < -0.4 is 19.1 Å². The molecule has 0 bridgehead atoms. The first-order valence-electron chi connectivity index (χ1n) is 11.2. The molecule has 0 aliphatic heterocycles. The van der Waals surface area contributed by atoms with Crippen LogP contribution in [-0.2, 0) is 14.8 Å². The van der Waals surface area contributed by atoms with Crippen molar-refractivity contribution in [1.82, 2.24) is 5.32 Å². The van der Waals surface area contributed by atoms with Crippen LogP contribution in [0.5, 0.6) is 17.2 Å². The van der Waals surface area contributed by atoms with Gasteiger partial charge in [-0.1, -0.05) is 41.9 Å². The molecule has 0 spiro atoms. The first-order chi connectivity index (χ1) is 16.7. The summed E-state index contributed by atoms with van der Waals surface area (Å²) in [7, 11) is -3.66. The van der Waals surface area contributed by atoms with Crippen molar-refractivity contribution in [3.63, 3.8) is 0 Å². The third-order valence-electron chi connectivity index (χ3n) is 5.01. The summed E-state index contributed by atoms with van der Waals surface area (Å²) in [5.41, 5.74) is 1.41. The van der Waals surface area contributed by atoms with Crippen LogP contribution in [0.15, 0.2) is 72.8 Å². The second-order valence-corrected chi connectivity index (χ2v) is 10.3. The number of anilines is 1. The molecule has 3 aromatic carbocycles. The Labute approximate surface area is 211 Å². The molecule has 1 N–H and O–H groups in total. The maximum atomic E-state index is 12.6. The highest BCUT2D eigenvalue weighted by Crippen LogP contribution is 2.36. The molecule has 0 heterocycles. The standard InChI is InChI=1S/C26H29ClN2O5S/c1-20-8-6-11-23(18-20)33-17-15-28-26(30)12-7-16-29(35(2,31)32)24-19-21(27)13-14-25(24)34-22-9-4-3-5-10-22/h3-6,8-11,13-14,18-19H,7,12,15-17H2,1-2H3,(H,28,30). The molecule has 186 valence electrons. The van der Waals surface area contributed by atoms with Crippen LogP contribution in [0.25, 0.3) is 0 Å². The van der Waals surface area contributed by atoms with Gasteiger partial charge in [0, 0.05) is 18.0 Å². The summed E-state index contributed by atoms with van der Waals surface area (Å²) in [6, 6.07) is 21.5. The number of aryl methyl sites for hydroxylation is 1. The van der Waals surface area contributed by atoms with Crippen molar-refractivity contribution in [2.75, 3.05) is 30.3 Å². The number of hydrogen-bond donors (Lipinski definition) is 1. The lowest BCUT2D eigenvalue weighted by molar-refractivity contribution is -0.121. The number of amides is 1. The van der Waals surface area contributed by atoms with Crippen molar-refractivity contribution in [3.8, 4) is 17.2 Å². The molecule has 3 aromatic rings. The van der Waals surface area contributed by atoms with Gasteiger partial charge in [0.05, 0.1) is 18.5 Å². The Morgan fingerprint density at radius 1 is 1.00 bits per heavy atom. The van der Waals surface area contributed by atoms with E-state index in [4.69, 9.17) is 21.1 Å². The Balaban J connectivity index is 1.57. The van der Waals surface area contributed by atoms with E-state index >= 15 is 0 Å². The van der Waals surface area contributed by atoms with E-state index in [2.05, 4.69) is 5.32 Å². The molecule has 9 heteroatoms. The molecule has 0 saturated heterocycles. The van der Waals surface area contributed by atoms with E-state index in [-0.39, 0.29) is 18.9 Å². The minimum Gasteiger partial charge on any atom is -0.492 e. The summed E-state index contributed by atoms with van der Waals surface area (Å²) in [5, 5.41) is 3.17. The van der Waals surface area contributed by atoms with E-state index < -0.39 is 10.0 Å². The van der Waals surface area contributed by atoms with Gasteiger partial charge in [-0.2, -0.15) is 0 Å². The fourth-order valence-corrected chi connectivity index (χ4v) is 4.52. The molecule has 35 heavy (non-hydrogen) atoms. The Morgan fingerprint density at radius 2 is 1.74 bits per heavy atom. The monoisotopic (exact) mass is 516 g/mol. The van der Waals surface area contributed by atoms with Gasteiger partial charge in [-0.3, -0.25) is 9.10 Å². The van der Waals surface area contributed by atoms with Crippen molar-refractivity contribution >= 4 is 33.2 Å². The number of ether oxygens (including phenoxy) is 2. The van der Waals surface area contributed by atoms with Gasteiger partial charge >= 0.3 is 0 Å². The number of nitrogens with one attached hydrogen (secondary N) is 1. The number of nitrogens with zero attached hydrogens (tertiary/aromatic N) is 1. The highest BCUT2D eigenvalue weighted by molar-refractivity contribution is 7.92. The molecule has 0 atom stereocenters. The topological polar surface area (TPSA) is 84.9 Å². The van der Waals surface area contributed by atoms with Gasteiger partial charge in [-0.25, -0.2) is 8.42 Å². The lowest BCUT2D eigenvalue weighted by Crippen LogP contribution is -2.33. The Bertz CT molecular complexity index is 1240. The first-order valence-corrected chi connectivity index (χ1v) is 13.4. The maximum Gasteiger partial charge on any atom is 0.232 e. The molecule has 3 rings (SSSR count). The minimum atomic E-state index is -3.66. The number of carbonyl (C=O) groups is 1. The number of rotatable bonds is 12. The lowest BCUT2D eigenvalue weighted by atomic mass is 10.2. The lowest BCUT2D eigenvalue weighted by Gasteiger charge is -2.25. The summed E-state index contributed by atoms with van der Waals surface area (Å²) in [6.45, 7) is 2.77. The second-order valence-electron chi connectivity index (χ2n) is 7.98. The SMILES string of the molecule is Cc1cccc(OCCNC(=O)CCCN(c2cc(Cl)ccc2Oc2ccccc2)S(C)(=O)=O)c1. The minimum absolute atomic E-state index is 0.0948. The van der Waals surface area contributed by atoms with E-state index in [1.54, 1.807) is 30.3 Å². The molecule has 0 radical (unpaired) electrons. The number of hydrogen-bond acceptors (Lipinski definition) is 5.